The molecule has 2 heterocycles. The molecule has 8 heteroatoms. The first-order chi connectivity index (χ1) is 10.6. The molecule has 1 aromatic carbocycles. The van der Waals surface area contributed by atoms with Crippen molar-refractivity contribution in [3.05, 3.63) is 39.0 Å². The normalized spacial score (nSPS) is 16.0. The lowest BCUT2D eigenvalue weighted by atomic mass is 10.1. The van der Waals surface area contributed by atoms with Crippen LogP contribution in [0.5, 0.6) is 5.75 Å². The van der Waals surface area contributed by atoms with Crippen molar-refractivity contribution in [2.24, 2.45) is 0 Å². The molecule has 7 nitrogen and oxygen atoms in total. The molecule has 3 rings (SSSR count). The van der Waals surface area contributed by atoms with Gasteiger partial charge >= 0.3 is 5.69 Å². The van der Waals surface area contributed by atoms with Gasteiger partial charge in [0.15, 0.2) is 0 Å². The van der Waals surface area contributed by atoms with Crippen LogP contribution in [-0.4, -0.2) is 46.2 Å². The largest absolute Gasteiger partial charge is 0.501 e. The van der Waals surface area contributed by atoms with Gasteiger partial charge in [-0.3, -0.25) is 20.0 Å². The number of benzene rings is 1. The summed E-state index contributed by atoms with van der Waals surface area (Å²) in [6.07, 6.45) is 1.61. The predicted molar refractivity (Wildman–Crippen MR) is 81.2 cm³/mol. The number of hydrogen-bond acceptors (Lipinski definition) is 6. The van der Waals surface area contributed by atoms with Crippen LogP contribution in [0.15, 0.2) is 18.3 Å². The number of halogens is 1. The van der Waals surface area contributed by atoms with Crippen LogP contribution in [0, 0.1) is 10.1 Å². The van der Waals surface area contributed by atoms with E-state index in [1.807, 2.05) is 6.07 Å². The van der Waals surface area contributed by atoms with Crippen LogP contribution in [0.1, 0.15) is 5.56 Å². The van der Waals surface area contributed by atoms with Crippen molar-refractivity contribution in [1.29, 1.82) is 0 Å². The number of morpholine rings is 1. The van der Waals surface area contributed by atoms with Crippen molar-refractivity contribution in [3.8, 4) is 5.75 Å². The summed E-state index contributed by atoms with van der Waals surface area (Å²) >= 11 is 6.10. The Labute approximate surface area is 131 Å². The van der Waals surface area contributed by atoms with Gasteiger partial charge in [0.2, 0.25) is 5.75 Å². The Morgan fingerprint density at radius 3 is 2.82 bits per heavy atom. The number of nitro groups is 1. The van der Waals surface area contributed by atoms with Gasteiger partial charge in [-0.25, -0.2) is 0 Å². The topological polar surface area (TPSA) is 88.7 Å². The van der Waals surface area contributed by atoms with E-state index in [2.05, 4.69) is 9.88 Å². The van der Waals surface area contributed by atoms with Crippen LogP contribution in [0.25, 0.3) is 10.9 Å². The van der Waals surface area contributed by atoms with Gasteiger partial charge in [0.1, 0.15) is 5.52 Å². The highest BCUT2D eigenvalue weighted by atomic mass is 35.5. The zero-order valence-corrected chi connectivity index (χ0v) is 12.4. The first-order valence-corrected chi connectivity index (χ1v) is 7.18. The number of pyridine rings is 1. The first kappa shape index (κ1) is 15.0. The number of phenolic OH excluding ortho intramolecular Hbond substituents is 1. The summed E-state index contributed by atoms with van der Waals surface area (Å²) < 4.78 is 5.30. The lowest BCUT2D eigenvalue weighted by Crippen LogP contribution is -2.35. The van der Waals surface area contributed by atoms with Crippen LogP contribution < -0.4 is 0 Å². The predicted octanol–water partition coefficient (Wildman–Crippen LogP) is 2.33. The minimum Gasteiger partial charge on any atom is -0.501 e. The van der Waals surface area contributed by atoms with Crippen LogP contribution in [0.3, 0.4) is 0 Å². The summed E-state index contributed by atoms with van der Waals surface area (Å²) in [5, 5.41) is 21.6. The fourth-order valence-electron chi connectivity index (χ4n) is 2.51. The quantitative estimate of drug-likeness (QED) is 0.689. The Kier molecular flexibility index (Phi) is 4.10. The molecule has 0 aliphatic carbocycles. The smallest absolute Gasteiger partial charge is 0.314 e. The maximum Gasteiger partial charge on any atom is 0.314 e. The fourth-order valence-corrected chi connectivity index (χ4v) is 2.76. The Bertz CT molecular complexity index is 732. The molecule has 0 radical (unpaired) electrons. The summed E-state index contributed by atoms with van der Waals surface area (Å²) in [5.41, 5.74) is 0.639. The molecule has 0 atom stereocenters. The van der Waals surface area contributed by atoms with Crippen molar-refractivity contribution in [1.82, 2.24) is 9.88 Å². The number of fused-ring (bicyclic) bond motifs is 1. The van der Waals surface area contributed by atoms with Crippen molar-refractivity contribution in [3.63, 3.8) is 0 Å². The lowest BCUT2D eigenvalue weighted by molar-refractivity contribution is -0.385. The molecule has 1 saturated heterocycles. The third-order valence-corrected chi connectivity index (χ3v) is 3.95. The highest BCUT2D eigenvalue weighted by molar-refractivity contribution is 6.36. The van der Waals surface area contributed by atoms with Gasteiger partial charge in [0.25, 0.3) is 0 Å². The molecule has 0 saturated carbocycles. The number of ether oxygens (including phenoxy) is 1. The summed E-state index contributed by atoms with van der Waals surface area (Å²) in [4.78, 5) is 16.6. The second-order valence-electron chi connectivity index (χ2n) is 5.11. The summed E-state index contributed by atoms with van der Waals surface area (Å²) in [5.74, 6) is -0.456. The zero-order chi connectivity index (χ0) is 15.7. The first-order valence-electron chi connectivity index (χ1n) is 6.81. The maximum absolute atomic E-state index is 10.9. The van der Waals surface area contributed by atoms with Crippen LogP contribution in [0.4, 0.5) is 5.69 Å². The Hall–Kier alpha value is -1.96. The Morgan fingerprint density at radius 1 is 1.41 bits per heavy atom. The fraction of sp³-hybridized carbons (Fsp3) is 0.357. The number of phenols is 1. The molecule has 1 aromatic heterocycles. The second kappa shape index (κ2) is 6.04. The Balaban J connectivity index is 1.97. The number of nitrogens with zero attached hydrogens (tertiary/aromatic N) is 3. The zero-order valence-electron chi connectivity index (χ0n) is 11.7. The molecule has 0 bridgehead atoms. The van der Waals surface area contributed by atoms with Gasteiger partial charge in [-0.15, -0.1) is 0 Å². The molecule has 1 aliphatic heterocycles. The summed E-state index contributed by atoms with van der Waals surface area (Å²) in [6, 6.07) is 2.96. The van der Waals surface area contributed by atoms with Crippen LogP contribution in [-0.2, 0) is 11.3 Å². The minimum absolute atomic E-state index is 0.143. The highest BCUT2D eigenvalue weighted by Gasteiger charge is 2.21. The monoisotopic (exact) mass is 323 g/mol. The molecule has 1 aliphatic rings. The van der Waals surface area contributed by atoms with E-state index >= 15 is 0 Å². The minimum atomic E-state index is -0.677. The van der Waals surface area contributed by atoms with Crippen molar-refractivity contribution in [2.45, 2.75) is 6.54 Å². The van der Waals surface area contributed by atoms with Gasteiger partial charge < -0.3 is 9.84 Å². The van der Waals surface area contributed by atoms with Crippen molar-refractivity contribution in [2.75, 3.05) is 26.3 Å². The second-order valence-corrected chi connectivity index (χ2v) is 5.52. The molecular weight excluding hydrogens is 310 g/mol. The number of aromatic hydroxyl groups is 1. The van der Waals surface area contributed by atoms with E-state index in [4.69, 9.17) is 16.3 Å². The van der Waals surface area contributed by atoms with Gasteiger partial charge in [0.05, 0.1) is 23.2 Å². The molecule has 1 N–H and O–H groups in total. The van der Waals surface area contributed by atoms with E-state index in [1.54, 1.807) is 6.20 Å². The Morgan fingerprint density at radius 2 is 2.14 bits per heavy atom. The molecule has 0 spiro atoms. The SMILES string of the molecule is O=[N+]([O-])c1cc(Cl)c2cc(CN3CCOCC3)cnc2c1O. The van der Waals surface area contributed by atoms with E-state index in [1.165, 1.54) is 0 Å². The lowest BCUT2D eigenvalue weighted by Gasteiger charge is -2.26. The van der Waals surface area contributed by atoms with Crippen LogP contribution in [0.2, 0.25) is 5.02 Å². The van der Waals surface area contributed by atoms with Gasteiger partial charge in [-0.05, 0) is 11.6 Å². The van der Waals surface area contributed by atoms with Crippen LogP contribution >= 0.6 is 11.6 Å². The average Bonchev–Trinajstić information content (AvgIpc) is 2.51. The van der Waals surface area contributed by atoms with Crippen molar-refractivity contribution >= 4 is 28.2 Å². The number of hydrogen-bond donors (Lipinski definition) is 1. The molecule has 1 fully saturated rings. The van der Waals surface area contributed by atoms with Gasteiger partial charge in [-0.2, -0.15) is 0 Å². The van der Waals surface area contributed by atoms with E-state index in [0.717, 1.165) is 24.7 Å². The average molecular weight is 324 g/mol. The highest BCUT2D eigenvalue weighted by Crippen LogP contribution is 2.38. The van der Waals surface area contributed by atoms with Crippen molar-refractivity contribution < 1.29 is 14.8 Å². The van der Waals surface area contributed by atoms with E-state index < -0.39 is 16.4 Å². The van der Waals surface area contributed by atoms with Gasteiger partial charge in [0, 0.05) is 37.3 Å². The van der Waals surface area contributed by atoms with E-state index in [9.17, 15) is 15.2 Å². The third-order valence-electron chi connectivity index (χ3n) is 3.64. The maximum atomic E-state index is 10.9. The molecule has 116 valence electrons. The summed E-state index contributed by atoms with van der Waals surface area (Å²) in [6.45, 7) is 3.79. The molecule has 22 heavy (non-hydrogen) atoms. The van der Waals surface area contributed by atoms with E-state index in [0.29, 0.717) is 25.1 Å². The number of aromatic nitrogens is 1. The molecular formula is C14H14ClN3O4. The summed E-state index contributed by atoms with van der Waals surface area (Å²) in [7, 11) is 0. The standard InChI is InChI=1S/C14H14ClN3O4/c15-11-6-12(18(20)21)14(19)13-10(11)5-9(7-16-13)8-17-1-3-22-4-2-17/h5-7,19H,1-4,8H2. The number of nitro benzene ring substituents is 1. The van der Waals surface area contributed by atoms with E-state index in [-0.39, 0.29) is 10.5 Å². The third kappa shape index (κ3) is 2.83. The number of rotatable bonds is 3. The molecule has 0 unspecified atom stereocenters. The van der Waals surface area contributed by atoms with Gasteiger partial charge in [-0.1, -0.05) is 11.6 Å². The molecule has 2 aromatic rings. The molecule has 0 amide bonds.